The van der Waals surface area contributed by atoms with E-state index in [1.807, 2.05) is 18.7 Å². The van der Waals surface area contributed by atoms with Crippen LogP contribution < -0.4 is 4.57 Å². The maximum absolute atomic E-state index is 10.7. The van der Waals surface area contributed by atoms with Crippen LogP contribution in [0.4, 0.5) is 5.69 Å². The number of aromatic hydroxyl groups is 1. The van der Waals surface area contributed by atoms with E-state index >= 15 is 0 Å². The maximum Gasteiger partial charge on any atom is 0.270 e. The van der Waals surface area contributed by atoms with Crippen LogP contribution in [0.2, 0.25) is 0 Å². The van der Waals surface area contributed by atoms with E-state index in [-0.39, 0.29) is 11.4 Å². The number of benzene rings is 1. The minimum Gasteiger partial charge on any atom is -0.507 e. The second kappa shape index (κ2) is 7.18. The second-order valence-corrected chi connectivity index (χ2v) is 4.59. The second-order valence-electron chi connectivity index (χ2n) is 4.59. The molecule has 0 spiro atoms. The summed E-state index contributed by atoms with van der Waals surface area (Å²) in [4.78, 5) is 17.3. The van der Waals surface area contributed by atoms with Crippen molar-refractivity contribution in [2.45, 2.75) is 19.4 Å². The largest absolute Gasteiger partial charge is 0.507 e. The highest BCUT2D eigenvalue weighted by molar-refractivity contribution is 5.84. The summed E-state index contributed by atoms with van der Waals surface area (Å²) < 4.78 is 2.05. The number of hydrogen-bond acceptors (Lipinski definition) is 4. The molecule has 0 saturated heterocycles. The first kappa shape index (κ1) is 14.7. The zero-order valence-corrected chi connectivity index (χ0v) is 11.5. The Morgan fingerprint density at radius 1 is 1.43 bits per heavy atom. The molecule has 0 aliphatic heterocycles. The molecule has 0 saturated carbocycles. The summed E-state index contributed by atoms with van der Waals surface area (Å²) in [5.41, 5.74) is 0.308. The van der Waals surface area contributed by atoms with Crippen LogP contribution in [-0.4, -0.2) is 27.8 Å². The Morgan fingerprint density at radius 3 is 3.00 bits per heavy atom. The third-order valence-electron chi connectivity index (χ3n) is 3.01. The van der Waals surface area contributed by atoms with Gasteiger partial charge >= 0.3 is 0 Å². The number of aliphatic imine (C=N–C) groups is 1. The number of nitro groups is 1. The number of aromatic nitrogens is 2. The number of phenolic OH excluding ortho intramolecular Hbond substituents is 1. The van der Waals surface area contributed by atoms with E-state index in [9.17, 15) is 15.2 Å². The van der Waals surface area contributed by atoms with Gasteiger partial charge in [-0.1, -0.05) is 0 Å². The van der Waals surface area contributed by atoms with Gasteiger partial charge in [-0.05, 0) is 18.9 Å². The van der Waals surface area contributed by atoms with Crippen LogP contribution in [0.3, 0.4) is 0 Å². The van der Waals surface area contributed by atoms with Crippen molar-refractivity contribution in [3.8, 4) is 5.75 Å². The van der Waals surface area contributed by atoms with Gasteiger partial charge in [-0.2, -0.15) is 0 Å². The molecule has 110 valence electrons. The monoisotopic (exact) mass is 289 g/mol. The van der Waals surface area contributed by atoms with Crippen molar-refractivity contribution in [1.82, 2.24) is 4.98 Å². The summed E-state index contributed by atoms with van der Waals surface area (Å²) in [6.45, 7) is 1.54. The lowest BCUT2D eigenvalue weighted by Crippen LogP contribution is -2.30. The molecule has 2 N–H and O–H groups in total. The lowest BCUT2D eigenvalue weighted by atomic mass is 10.2. The zero-order chi connectivity index (χ0) is 15.1. The van der Waals surface area contributed by atoms with Gasteiger partial charge in [0.15, 0.2) is 0 Å². The molecule has 1 aromatic carbocycles. The minimum atomic E-state index is -0.495. The van der Waals surface area contributed by atoms with Gasteiger partial charge in [0, 0.05) is 30.5 Å². The fourth-order valence-electron chi connectivity index (χ4n) is 1.88. The van der Waals surface area contributed by atoms with Crippen molar-refractivity contribution in [2.75, 3.05) is 6.54 Å². The molecule has 21 heavy (non-hydrogen) atoms. The van der Waals surface area contributed by atoms with Crippen LogP contribution in [-0.2, 0) is 6.54 Å². The van der Waals surface area contributed by atoms with E-state index in [1.54, 1.807) is 0 Å². The summed E-state index contributed by atoms with van der Waals surface area (Å²) >= 11 is 0. The molecule has 2 rings (SSSR count). The summed E-state index contributed by atoms with van der Waals surface area (Å²) in [5, 5.41) is 20.3. The van der Waals surface area contributed by atoms with Gasteiger partial charge in [-0.3, -0.25) is 20.1 Å². The number of aryl methyl sites for hydroxylation is 1. The molecule has 0 bridgehead atoms. The molecule has 1 aromatic heterocycles. The van der Waals surface area contributed by atoms with Gasteiger partial charge in [-0.25, -0.2) is 4.57 Å². The predicted octanol–water partition coefficient (Wildman–Crippen LogP) is 1.82. The van der Waals surface area contributed by atoms with Gasteiger partial charge < -0.3 is 5.11 Å². The third-order valence-corrected chi connectivity index (χ3v) is 3.01. The molecule has 0 amide bonds. The Balaban J connectivity index is 1.81. The zero-order valence-electron chi connectivity index (χ0n) is 11.5. The Bertz CT molecular complexity index is 623. The van der Waals surface area contributed by atoms with E-state index in [0.717, 1.165) is 19.4 Å². The molecular formula is C14H17N4O3+. The average molecular weight is 289 g/mol. The number of nitrogens with one attached hydrogen (secondary N) is 1. The summed E-state index contributed by atoms with van der Waals surface area (Å²) in [7, 11) is 0. The van der Waals surface area contributed by atoms with Crippen LogP contribution in [0.25, 0.3) is 0 Å². The number of unbranched alkanes of at least 4 members (excludes halogenated alkanes) is 1. The molecule has 1 heterocycles. The van der Waals surface area contributed by atoms with Crippen LogP contribution in [0.5, 0.6) is 5.75 Å². The Kier molecular flexibility index (Phi) is 5.03. The van der Waals surface area contributed by atoms with Crippen molar-refractivity contribution < 1.29 is 14.6 Å². The molecule has 7 nitrogen and oxygen atoms in total. The van der Waals surface area contributed by atoms with Gasteiger partial charge in [0.2, 0.25) is 6.33 Å². The topological polar surface area (TPSA) is 95.4 Å². The van der Waals surface area contributed by atoms with E-state index in [0.29, 0.717) is 12.1 Å². The summed E-state index contributed by atoms with van der Waals surface area (Å²) in [5.74, 6) is -0.00720. The first-order valence-corrected chi connectivity index (χ1v) is 6.66. The van der Waals surface area contributed by atoms with Crippen molar-refractivity contribution in [1.29, 1.82) is 0 Å². The van der Waals surface area contributed by atoms with Crippen LogP contribution >= 0.6 is 0 Å². The van der Waals surface area contributed by atoms with Crippen molar-refractivity contribution >= 4 is 11.9 Å². The number of rotatable bonds is 7. The van der Waals surface area contributed by atoms with Crippen LogP contribution in [0.15, 0.2) is 41.9 Å². The molecule has 0 fully saturated rings. The maximum atomic E-state index is 10.7. The smallest absolute Gasteiger partial charge is 0.270 e. The van der Waals surface area contributed by atoms with E-state index in [4.69, 9.17) is 0 Å². The first-order valence-electron chi connectivity index (χ1n) is 6.66. The number of imidazole rings is 1. The lowest BCUT2D eigenvalue weighted by molar-refractivity contribution is -0.696. The van der Waals surface area contributed by atoms with Crippen molar-refractivity contribution in [2.24, 2.45) is 4.99 Å². The van der Waals surface area contributed by atoms with Crippen LogP contribution in [0, 0.1) is 10.1 Å². The van der Waals surface area contributed by atoms with Gasteiger partial charge in [-0.15, -0.1) is 0 Å². The third kappa shape index (κ3) is 4.41. The molecule has 0 atom stereocenters. The number of nitro benzene ring substituents is 1. The molecule has 0 aliphatic carbocycles. The highest BCUT2D eigenvalue weighted by Crippen LogP contribution is 2.21. The summed E-state index contributed by atoms with van der Waals surface area (Å²) in [6, 6.07) is 3.89. The Labute approximate surface area is 121 Å². The lowest BCUT2D eigenvalue weighted by Gasteiger charge is -1.99. The number of phenols is 1. The van der Waals surface area contributed by atoms with Gasteiger partial charge in [0.25, 0.3) is 5.69 Å². The van der Waals surface area contributed by atoms with Gasteiger partial charge in [0.05, 0.1) is 11.5 Å². The normalized spacial score (nSPS) is 11.0. The number of hydrogen-bond donors (Lipinski definition) is 2. The van der Waals surface area contributed by atoms with Crippen LogP contribution in [0.1, 0.15) is 18.4 Å². The predicted molar refractivity (Wildman–Crippen MR) is 77.4 cm³/mol. The van der Waals surface area contributed by atoms with Gasteiger partial charge in [0.1, 0.15) is 18.1 Å². The van der Waals surface area contributed by atoms with Crippen molar-refractivity contribution in [3.05, 3.63) is 52.6 Å². The Morgan fingerprint density at radius 2 is 2.29 bits per heavy atom. The number of non-ortho nitro benzene ring substituents is 1. The molecule has 7 heteroatoms. The first-order chi connectivity index (χ1) is 10.2. The number of nitrogens with zero attached hydrogens (tertiary/aromatic N) is 3. The number of aromatic amines is 1. The quantitative estimate of drug-likeness (QED) is 0.267. The molecular weight excluding hydrogens is 272 g/mol. The molecule has 0 unspecified atom stereocenters. The molecule has 0 radical (unpaired) electrons. The molecule has 2 aromatic rings. The minimum absolute atomic E-state index is 0.00720. The highest BCUT2D eigenvalue weighted by atomic mass is 16.6. The van der Waals surface area contributed by atoms with E-state index in [1.165, 1.54) is 24.4 Å². The van der Waals surface area contributed by atoms with Crippen molar-refractivity contribution in [3.63, 3.8) is 0 Å². The average Bonchev–Trinajstić information content (AvgIpc) is 2.97. The Hall–Kier alpha value is -2.70. The standard InChI is InChI=1S/C14H16N4O3/c19-14-4-3-13(18(20)21)9-12(14)10-15-5-1-2-7-17-8-6-16-11-17/h3-4,6,8-11H,1-2,5,7H2,(H,15,19)/p+1. The highest BCUT2D eigenvalue weighted by Gasteiger charge is 2.08. The fourth-order valence-corrected chi connectivity index (χ4v) is 1.88. The van der Waals surface area contributed by atoms with E-state index in [2.05, 4.69) is 14.5 Å². The molecule has 0 aliphatic rings. The van der Waals surface area contributed by atoms with E-state index < -0.39 is 4.92 Å². The number of H-pyrrole nitrogens is 1. The fraction of sp³-hybridized carbons (Fsp3) is 0.286. The SMILES string of the molecule is O=[N+]([O-])c1ccc(O)c(C=NCCCC[n+]2cc[nH]c2)c1. The summed E-state index contributed by atoms with van der Waals surface area (Å²) in [6.07, 6.45) is 9.09.